The number of anilines is 2. The number of fused-ring (bicyclic) bond motifs is 1. The summed E-state index contributed by atoms with van der Waals surface area (Å²) in [5, 5.41) is 18.7. The summed E-state index contributed by atoms with van der Waals surface area (Å²) in [5.74, 6) is 0.883. The molecular weight excluding hydrogens is 516 g/mol. The van der Waals surface area contributed by atoms with E-state index in [0.717, 1.165) is 57.7 Å². The average molecular weight is 555 g/mol. The molecule has 11 nitrogen and oxygen atoms in total. The number of aromatic nitrogens is 2. The fourth-order valence-electron chi connectivity index (χ4n) is 5.91. The summed E-state index contributed by atoms with van der Waals surface area (Å²) in [6, 6.07) is 5.33. The summed E-state index contributed by atoms with van der Waals surface area (Å²) in [6.45, 7) is 5.88. The maximum absolute atomic E-state index is 12.7. The van der Waals surface area contributed by atoms with Gasteiger partial charge in [0.15, 0.2) is 0 Å². The first-order valence-electron chi connectivity index (χ1n) is 14.4. The molecule has 0 spiro atoms. The molecule has 11 heteroatoms. The van der Waals surface area contributed by atoms with Crippen molar-refractivity contribution in [3.05, 3.63) is 60.2 Å². The van der Waals surface area contributed by atoms with Gasteiger partial charge in [0.05, 0.1) is 29.3 Å². The zero-order valence-corrected chi connectivity index (χ0v) is 23.4. The van der Waals surface area contributed by atoms with Crippen molar-refractivity contribution in [2.24, 2.45) is 10.9 Å². The Morgan fingerprint density at radius 3 is 2.78 bits per heavy atom. The van der Waals surface area contributed by atoms with Crippen LogP contribution in [0, 0.1) is 11.3 Å². The number of hydrogen-bond donors (Lipinski definition) is 5. The van der Waals surface area contributed by atoms with Gasteiger partial charge in [-0.1, -0.05) is 12.2 Å². The van der Waals surface area contributed by atoms with E-state index in [0.29, 0.717) is 40.9 Å². The highest BCUT2D eigenvalue weighted by Crippen LogP contribution is 2.28. The van der Waals surface area contributed by atoms with E-state index in [9.17, 15) is 4.79 Å². The molecule has 4 aliphatic rings. The van der Waals surface area contributed by atoms with Crippen molar-refractivity contribution < 1.29 is 4.79 Å². The molecule has 6 rings (SSSR count). The van der Waals surface area contributed by atoms with Crippen LogP contribution in [0.1, 0.15) is 25.0 Å². The Bertz CT molecular complexity index is 1400. The van der Waals surface area contributed by atoms with Crippen molar-refractivity contribution in [3.63, 3.8) is 0 Å². The summed E-state index contributed by atoms with van der Waals surface area (Å²) >= 11 is 0. The molecule has 2 aromatic heterocycles. The van der Waals surface area contributed by atoms with Gasteiger partial charge in [0.2, 0.25) is 5.91 Å². The molecule has 5 heterocycles. The molecule has 2 atom stereocenters. The lowest BCUT2D eigenvalue weighted by molar-refractivity contribution is -0.117. The van der Waals surface area contributed by atoms with Crippen molar-refractivity contribution >= 4 is 28.8 Å². The zero-order chi connectivity index (χ0) is 28.3. The third-order valence-electron chi connectivity index (χ3n) is 8.32. The topological polar surface area (TPSA) is 148 Å². The zero-order valence-electron chi connectivity index (χ0n) is 23.4. The fourth-order valence-corrected chi connectivity index (χ4v) is 5.91. The number of nitrogens with two attached hydrogens (primary N) is 1. The van der Waals surface area contributed by atoms with Crippen LogP contribution >= 0.6 is 0 Å². The lowest BCUT2D eigenvalue weighted by Crippen LogP contribution is -2.48. The molecule has 2 fully saturated rings. The van der Waals surface area contributed by atoms with Crippen LogP contribution in [0.3, 0.4) is 0 Å². The number of rotatable bonds is 7. The molecule has 214 valence electrons. The van der Waals surface area contributed by atoms with Crippen molar-refractivity contribution in [1.82, 2.24) is 30.4 Å². The minimum Gasteiger partial charge on any atom is -0.397 e. The molecule has 6 N–H and O–H groups in total. The van der Waals surface area contributed by atoms with Crippen LogP contribution in [-0.2, 0) is 4.79 Å². The number of amidine groups is 1. The minimum atomic E-state index is -0.0856. The molecule has 0 radical (unpaired) electrons. The fraction of sp³-hybridized carbons (Fsp3) is 0.433. The minimum absolute atomic E-state index is 0.00518. The van der Waals surface area contributed by atoms with Crippen molar-refractivity contribution in [1.29, 1.82) is 5.41 Å². The molecule has 2 unspecified atom stereocenters. The number of nitrogen functional groups attached to an aromatic ring is 1. The van der Waals surface area contributed by atoms with Crippen LogP contribution in [0.4, 0.5) is 11.4 Å². The van der Waals surface area contributed by atoms with E-state index in [2.05, 4.69) is 56.0 Å². The van der Waals surface area contributed by atoms with Gasteiger partial charge in [0.25, 0.3) is 0 Å². The van der Waals surface area contributed by atoms with Gasteiger partial charge in [-0.25, -0.2) is 4.98 Å². The maximum Gasteiger partial charge on any atom is 0.224 e. The summed E-state index contributed by atoms with van der Waals surface area (Å²) in [7, 11) is 2.15. The Kier molecular flexibility index (Phi) is 7.80. The van der Waals surface area contributed by atoms with Gasteiger partial charge < -0.3 is 31.5 Å². The first-order chi connectivity index (χ1) is 19.9. The molecule has 2 saturated heterocycles. The SMILES string of the molecule is CN1CCN(C2=CC=CC3NC(C(=N)c4nc(-c5cncc(NC(=O)CC6CCNCC6)c5)ccc4N)=NC23)CC1. The molecular formula is C30H38N10O. The van der Waals surface area contributed by atoms with Gasteiger partial charge in [0, 0.05) is 50.1 Å². The monoisotopic (exact) mass is 554 g/mol. The average Bonchev–Trinajstić information content (AvgIpc) is 3.43. The second kappa shape index (κ2) is 11.8. The Labute approximate surface area is 240 Å². The first kappa shape index (κ1) is 27.1. The molecule has 0 aromatic carbocycles. The third-order valence-corrected chi connectivity index (χ3v) is 8.32. The third kappa shape index (κ3) is 6.01. The van der Waals surface area contributed by atoms with Gasteiger partial charge in [-0.05, 0) is 63.2 Å². The Morgan fingerprint density at radius 1 is 1.17 bits per heavy atom. The van der Waals surface area contributed by atoms with Gasteiger partial charge in [-0.15, -0.1) is 0 Å². The van der Waals surface area contributed by atoms with E-state index in [1.807, 2.05) is 12.1 Å². The van der Waals surface area contributed by atoms with Crippen LogP contribution in [0.15, 0.2) is 59.5 Å². The molecule has 2 aromatic rings. The van der Waals surface area contributed by atoms with E-state index < -0.39 is 0 Å². The molecule has 1 aliphatic carbocycles. The highest BCUT2D eigenvalue weighted by molar-refractivity contribution is 6.47. The van der Waals surface area contributed by atoms with Gasteiger partial charge >= 0.3 is 0 Å². The van der Waals surface area contributed by atoms with Crippen LogP contribution in [0.5, 0.6) is 0 Å². The standard InChI is InChI=1S/C30H38N10O/c1-39-11-13-40(14-12-39)25-4-2-3-24-29(25)38-30(37-24)27(32)28-22(31)5-6-23(36-28)20-16-21(18-34-17-20)35-26(41)15-19-7-9-33-10-8-19/h2-6,16-19,24,29,32-33H,7-15,31H2,1H3,(H,35,41)(H,37,38). The van der Waals surface area contributed by atoms with Crippen LogP contribution in [-0.4, -0.2) is 95.6 Å². The number of carbonyl (C=O) groups is 1. The second-order valence-corrected chi connectivity index (χ2v) is 11.3. The van der Waals surface area contributed by atoms with E-state index in [-0.39, 0.29) is 23.7 Å². The number of piperazine rings is 1. The van der Waals surface area contributed by atoms with Gasteiger partial charge in [-0.2, -0.15) is 0 Å². The van der Waals surface area contributed by atoms with Crippen molar-refractivity contribution in [2.45, 2.75) is 31.3 Å². The predicted molar refractivity (Wildman–Crippen MR) is 162 cm³/mol. The number of allylic oxidation sites excluding steroid dienone is 2. The summed E-state index contributed by atoms with van der Waals surface area (Å²) in [5.41, 5.74) is 10.4. The number of pyridine rings is 2. The molecule has 0 saturated carbocycles. The quantitative estimate of drug-likeness (QED) is 0.326. The summed E-state index contributed by atoms with van der Waals surface area (Å²) in [6.07, 6.45) is 12.2. The number of nitrogens with zero attached hydrogens (tertiary/aromatic N) is 5. The Hall–Kier alpha value is -4.09. The molecule has 0 bridgehead atoms. The Morgan fingerprint density at radius 2 is 1.98 bits per heavy atom. The van der Waals surface area contributed by atoms with E-state index in [1.165, 1.54) is 5.70 Å². The predicted octanol–water partition coefficient (Wildman–Crippen LogP) is 1.86. The molecule has 41 heavy (non-hydrogen) atoms. The lowest BCUT2D eigenvalue weighted by Gasteiger charge is -2.38. The smallest absolute Gasteiger partial charge is 0.224 e. The summed E-state index contributed by atoms with van der Waals surface area (Å²) < 4.78 is 0. The number of carbonyl (C=O) groups excluding carboxylic acids is 1. The normalized spacial score (nSPS) is 22.9. The Balaban J connectivity index is 1.18. The highest BCUT2D eigenvalue weighted by Gasteiger charge is 2.36. The number of nitrogens with one attached hydrogen (secondary N) is 4. The van der Waals surface area contributed by atoms with E-state index in [4.69, 9.17) is 21.1 Å². The van der Waals surface area contributed by atoms with Crippen LogP contribution in [0.25, 0.3) is 11.3 Å². The number of piperidine rings is 1. The van der Waals surface area contributed by atoms with Crippen LogP contribution in [0.2, 0.25) is 0 Å². The second-order valence-electron chi connectivity index (χ2n) is 11.3. The lowest BCUT2D eigenvalue weighted by atomic mass is 9.94. The molecule has 3 aliphatic heterocycles. The number of hydrogen-bond acceptors (Lipinski definition) is 10. The highest BCUT2D eigenvalue weighted by atomic mass is 16.1. The van der Waals surface area contributed by atoms with Gasteiger partial charge in [-0.3, -0.25) is 20.2 Å². The number of likely N-dealkylation sites (N-methyl/N-ethyl adjacent to an activating group) is 1. The largest absolute Gasteiger partial charge is 0.397 e. The first-order valence-corrected chi connectivity index (χ1v) is 14.4. The molecule has 1 amide bonds. The van der Waals surface area contributed by atoms with E-state index in [1.54, 1.807) is 18.5 Å². The van der Waals surface area contributed by atoms with E-state index >= 15 is 0 Å². The number of amides is 1. The summed E-state index contributed by atoms with van der Waals surface area (Å²) in [4.78, 5) is 31.4. The van der Waals surface area contributed by atoms with Gasteiger partial charge in [0.1, 0.15) is 23.3 Å². The number of aliphatic imine (C=N–C) groups is 1. The van der Waals surface area contributed by atoms with Crippen molar-refractivity contribution in [3.8, 4) is 11.3 Å². The van der Waals surface area contributed by atoms with Crippen LogP contribution < -0.4 is 21.7 Å². The van der Waals surface area contributed by atoms with Crippen molar-refractivity contribution in [2.75, 3.05) is 57.4 Å². The maximum atomic E-state index is 12.7.